The molecule has 1 saturated carbocycles. The summed E-state index contributed by atoms with van der Waals surface area (Å²) in [5, 5.41) is 16.3. The number of benzene rings is 2. The van der Waals surface area contributed by atoms with Gasteiger partial charge in [-0.1, -0.05) is 75.7 Å². The number of allylic oxidation sites excluding steroid dienone is 1. The van der Waals surface area contributed by atoms with Gasteiger partial charge >= 0.3 is 12.1 Å². The van der Waals surface area contributed by atoms with E-state index in [1.165, 1.54) is 4.90 Å². The first kappa shape index (κ1) is 33.0. The highest BCUT2D eigenvalue weighted by Gasteiger charge is 2.61. The molecule has 1 aromatic heterocycles. The number of amides is 3. The number of carboxylic acids is 1. The zero-order chi connectivity index (χ0) is 34.0. The van der Waals surface area contributed by atoms with Gasteiger partial charge in [0.1, 0.15) is 29.5 Å². The van der Waals surface area contributed by atoms with Gasteiger partial charge in [-0.05, 0) is 48.8 Å². The van der Waals surface area contributed by atoms with Gasteiger partial charge in [-0.25, -0.2) is 14.6 Å². The molecule has 3 heterocycles. The lowest BCUT2D eigenvalue weighted by atomic mass is 10.0. The molecule has 5 atom stereocenters. The highest BCUT2D eigenvalue weighted by molar-refractivity contribution is 5.96. The average molecular weight is 655 g/mol. The Kier molecular flexibility index (Phi) is 9.39. The SMILES string of the molecule is CC[C@H]1C[C@]1(NC(=O)[C@@H]1CC2CN1C(=O)[C@H](C(C)C)NC(=O)OCCC/C=C/c1ccc3nc(-c4ccccc4)cc(c3c1)O2)C(=O)O. The number of nitrogens with one attached hydrogen (secondary N) is 2. The lowest BCUT2D eigenvalue weighted by molar-refractivity contribution is -0.146. The summed E-state index contributed by atoms with van der Waals surface area (Å²) < 4.78 is 12.1. The average Bonchev–Trinajstić information content (AvgIpc) is 3.64. The number of pyridine rings is 1. The van der Waals surface area contributed by atoms with Crippen LogP contribution in [0, 0.1) is 11.8 Å². The topological polar surface area (TPSA) is 147 Å². The summed E-state index contributed by atoms with van der Waals surface area (Å²) in [5.41, 5.74) is 1.94. The minimum Gasteiger partial charge on any atom is -0.488 e. The van der Waals surface area contributed by atoms with Crippen molar-refractivity contribution in [2.45, 2.75) is 76.6 Å². The Hall–Kier alpha value is -4.93. The van der Waals surface area contributed by atoms with Crippen molar-refractivity contribution < 1.29 is 33.8 Å². The molecule has 11 nitrogen and oxygen atoms in total. The fourth-order valence-corrected chi connectivity index (χ4v) is 6.77. The predicted octanol–water partition coefficient (Wildman–Crippen LogP) is 5.18. The predicted molar refractivity (Wildman–Crippen MR) is 180 cm³/mol. The molecule has 0 radical (unpaired) electrons. The maximum atomic E-state index is 14.2. The van der Waals surface area contributed by atoms with Gasteiger partial charge in [0, 0.05) is 23.4 Å². The van der Waals surface area contributed by atoms with Crippen LogP contribution in [0.5, 0.6) is 5.75 Å². The highest BCUT2D eigenvalue weighted by atomic mass is 16.5. The molecule has 6 rings (SSSR count). The monoisotopic (exact) mass is 654 g/mol. The molecule has 2 aromatic carbocycles. The zero-order valence-electron chi connectivity index (χ0n) is 27.5. The Morgan fingerprint density at radius 1 is 1.15 bits per heavy atom. The van der Waals surface area contributed by atoms with Crippen LogP contribution >= 0.6 is 0 Å². The third kappa shape index (κ3) is 6.72. The van der Waals surface area contributed by atoms with Crippen LogP contribution in [0.4, 0.5) is 4.79 Å². The molecule has 252 valence electrons. The number of aliphatic carboxylic acids is 1. The second-order valence-corrected chi connectivity index (χ2v) is 13.3. The standard InChI is InChI=1S/C37H42N4O7/c1-4-25-20-37(25,35(44)45)40-33(42)30-18-26-21-41(30)34(43)32(22(2)3)39-36(46)47-16-10-6-7-11-23-14-15-28-27(17-23)31(48-26)19-29(38-28)24-12-8-5-9-13-24/h5,7-9,11-15,17,19,22,25-26,30,32H,4,6,10,16,18,20-21H2,1-3H3,(H,39,46)(H,40,42)(H,44,45)/b11-7+/t25-,26?,30-,32-,37+/m0/s1. The molecule has 2 aliphatic heterocycles. The van der Waals surface area contributed by atoms with Crippen LogP contribution in [-0.4, -0.2) is 75.7 Å². The molecule has 3 aliphatic rings. The van der Waals surface area contributed by atoms with Crippen molar-refractivity contribution in [2.24, 2.45) is 11.8 Å². The van der Waals surface area contributed by atoms with Crippen LogP contribution in [0.25, 0.3) is 28.2 Å². The first-order valence-corrected chi connectivity index (χ1v) is 16.7. The van der Waals surface area contributed by atoms with Gasteiger partial charge in [-0.15, -0.1) is 0 Å². The summed E-state index contributed by atoms with van der Waals surface area (Å²) in [6, 6.07) is 15.6. The van der Waals surface area contributed by atoms with Gasteiger partial charge in [-0.2, -0.15) is 0 Å². The van der Waals surface area contributed by atoms with Gasteiger partial charge in [0.15, 0.2) is 0 Å². The molecule has 1 saturated heterocycles. The second kappa shape index (κ2) is 13.7. The van der Waals surface area contributed by atoms with Crippen molar-refractivity contribution in [3.8, 4) is 17.0 Å². The minimum atomic E-state index is -1.36. The number of carbonyl (C=O) groups excluding carboxylic acids is 3. The first-order chi connectivity index (χ1) is 23.1. The number of nitrogens with zero attached hydrogens (tertiary/aromatic N) is 2. The highest BCUT2D eigenvalue weighted by Crippen LogP contribution is 2.46. The van der Waals surface area contributed by atoms with Gasteiger partial charge in [0.05, 0.1) is 24.4 Å². The fourth-order valence-electron chi connectivity index (χ4n) is 6.77. The molecule has 3 amide bonds. The van der Waals surface area contributed by atoms with Gasteiger partial charge in [-0.3, -0.25) is 9.59 Å². The van der Waals surface area contributed by atoms with E-state index in [-0.39, 0.29) is 31.4 Å². The van der Waals surface area contributed by atoms with Crippen molar-refractivity contribution in [1.82, 2.24) is 20.5 Å². The molecule has 0 spiro atoms. The Morgan fingerprint density at radius 2 is 1.94 bits per heavy atom. The number of ether oxygens (including phenoxy) is 2. The Balaban J connectivity index is 1.40. The molecule has 4 bridgehead atoms. The van der Waals surface area contributed by atoms with Gasteiger partial charge < -0.3 is 30.1 Å². The van der Waals surface area contributed by atoms with E-state index in [4.69, 9.17) is 14.5 Å². The molecule has 11 heteroatoms. The Labute approximate surface area is 279 Å². The van der Waals surface area contributed by atoms with Crippen molar-refractivity contribution in [3.63, 3.8) is 0 Å². The summed E-state index contributed by atoms with van der Waals surface area (Å²) in [6.07, 6.45) is 5.02. The van der Waals surface area contributed by atoms with Crippen molar-refractivity contribution >= 4 is 40.9 Å². The molecule has 3 aromatic rings. The number of carboxylic acid groups (broad SMARTS) is 1. The van der Waals surface area contributed by atoms with E-state index < -0.39 is 47.6 Å². The van der Waals surface area contributed by atoms with E-state index in [1.807, 2.05) is 73.7 Å². The largest absolute Gasteiger partial charge is 0.488 e. The van der Waals surface area contributed by atoms with E-state index in [0.29, 0.717) is 37.1 Å². The van der Waals surface area contributed by atoms with Crippen LogP contribution in [0.15, 0.2) is 60.7 Å². The van der Waals surface area contributed by atoms with E-state index in [9.17, 15) is 24.3 Å². The van der Waals surface area contributed by atoms with E-state index in [1.54, 1.807) is 13.8 Å². The summed E-state index contributed by atoms with van der Waals surface area (Å²) in [5.74, 6) is -2.06. The molecular weight excluding hydrogens is 612 g/mol. The summed E-state index contributed by atoms with van der Waals surface area (Å²) in [4.78, 5) is 59.5. The van der Waals surface area contributed by atoms with Crippen LogP contribution in [0.2, 0.25) is 0 Å². The summed E-state index contributed by atoms with van der Waals surface area (Å²) in [7, 11) is 0. The van der Waals surface area contributed by atoms with Crippen LogP contribution in [0.1, 0.15) is 58.4 Å². The molecular formula is C37H42N4O7. The number of carbonyl (C=O) groups is 4. The third-order valence-electron chi connectivity index (χ3n) is 9.60. The third-order valence-corrected chi connectivity index (χ3v) is 9.60. The van der Waals surface area contributed by atoms with E-state index in [2.05, 4.69) is 10.6 Å². The number of fused-ring (bicyclic) bond motifs is 3. The smallest absolute Gasteiger partial charge is 0.407 e. The van der Waals surface area contributed by atoms with E-state index >= 15 is 0 Å². The normalized spacial score (nSPS) is 26.6. The summed E-state index contributed by atoms with van der Waals surface area (Å²) in [6.45, 7) is 5.72. The van der Waals surface area contributed by atoms with Crippen LogP contribution in [-0.2, 0) is 19.1 Å². The quantitative estimate of drug-likeness (QED) is 0.330. The number of rotatable bonds is 6. The molecule has 3 N–H and O–H groups in total. The van der Waals surface area contributed by atoms with Crippen LogP contribution in [0.3, 0.4) is 0 Å². The van der Waals surface area contributed by atoms with Crippen LogP contribution < -0.4 is 15.4 Å². The maximum absolute atomic E-state index is 14.2. The number of aromatic nitrogens is 1. The Morgan fingerprint density at radius 3 is 2.65 bits per heavy atom. The van der Waals surface area contributed by atoms with Gasteiger partial charge in [0.2, 0.25) is 11.8 Å². The lowest BCUT2D eigenvalue weighted by Crippen LogP contribution is -2.57. The van der Waals surface area contributed by atoms with Crippen molar-refractivity contribution in [2.75, 3.05) is 13.2 Å². The number of cyclic esters (lactones) is 1. The molecule has 2 fully saturated rings. The number of hydrogen-bond donors (Lipinski definition) is 3. The molecule has 1 unspecified atom stereocenters. The minimum absolute atomic E-state index is 0.0538. The van der Waals surface area contributed by atoms with E-state index in [0.717, 1.165) is 22.0 Å². The summed E-state index contributed by atoms with van der Waals surface area (Å²) >= 11 is 0. The molecule has 48 heavy (non-hydrogen) atoms. The number of hydrogen-bond acceptors (Lipinski definition) is 7. The zero-order valence-corrected chi connectivity index (χ0v) is 27.5. The second-order valence-electron chi connectivity index (χ2n) is 13.3. The van der Waals surface area contributed by atoms with Crippen molar-refractivity contribution in [3.05, 3.63) is 66.2 Å². The Bertz CT molecular complexity index is 1740. The fraction of sp³-hybridized carbons (Fsp3) is 0.432. The first-order valence-electron chi connectivity index (χ1n) is 16.7. The number of alkyl carbamates (subject to hydrolysis) is 1. The maximum Gasteiger partial charge on any atom is 0.407 e. The van der Waals surface area contributed by atoms with Gasteiger partial charge in [0.25, 0.3) is 0 Å². The lowest BCUT2D eigenvalue weighted by Gasteiger charge is -2.30. The molecule has 1 aliphatic carbocycles. The van der Waals surface area contributed by atoms with Crippen molar-refractivity contribution in [1.29, 1.82) is 0 Å².